The average molecular weight is 303 g/mol. The van der Waals surface area contributed by atoms with Gasteiger partial charge in [-0.05, 0) is 30.3 Å². The van der Waals surface area contributed by atoms with Crippen molar-refractivity contribution >= 4 is 23.3 Å². The number of nitrogens with one attached hydrogen (secondary N) is 1. The van der Waals surface area contributed by atoms with Crippen LogP contribution in [0.15, 0.2) is 36.5 Å². The first-order valence-corrected chi connectivity index (χ1v) is 6.38. The maximum atomic E-state index is 13.8. The van der Waals surface area contributed by atoms with Gasteiger partial charge in [-0.3, -0.25) is 9.78 Å². The zero-order valence-corrected chi connectivity index (χ0v) is 12.0. The van der Waals surface area contributed by atoms with Gasteiger partial charge in [0.1, 0.15) is 11.5 Å². The van der Waals surface area contributed by atoms with E-state index in [9.17, 15) is 14.0 Å². The number of rotatable bonds is 4. The molecule has 1 heterocycles. The second-order valence-electron chi connectivity index (χ2n) is 4.51. The Bertz CT molecular complexity index is 734. The molecule has 0 aliphatic carbocycles. The second kappa shape index (κ2) is 6.21. The van der Waals surface area contributed by atoms with Gasteiger partial charge in [0.15, 0.2) is 0 Å². The molecule has 0 aliphatic rings. The van der Waals surface area contributed by atoms with Gasteiger partial charge in [0.2, 0.25) is 0 Å². The number of pyridine rings is 1. The Balaban J connectivity index is 2.36. The molecule has 0 unspecified atom stereocenters. The molecule has 7 heteroatoms. The topological polar surface area (TPSA) is 82.5 Å². The van der Waals surface area contributed by atoms with Crippen molar-refractivity contribution in [3.63, 3.8) is 0 Å². The molecule has 0 saturated heterocycles. The second-order valence-corrected chi connectivity index (χ2v) is 4.51. The van der Waals surface area contributed by atoms with Crippen molar-refractivity contribution < 1.29 is 19.1 Å². The Kier molecular flexibility index (Phi) is 4.36. The Hall–Kier alpha value is -2.96. The number of carboxylic acid groups (broad SMARTS) is 1. The van der Waals surface area contributed by atoms with E-state index in [0.717, 1.165) is 6.07 Å². The predicted molar refractivity (Wildman–Crippen MR) is 79.0 cm³/mol. The number of halogens is 1. The van der Waals surface area contributed by atoms with Crippen LogP contribution in [-0.4, -0.2) is 36.1 Å². The lowest BCUT2D eigenvalue weighted by Gasteiger charge is -2.20. The highest BCUT2D eigenvalue weighted by molar-refractivity contribution is 5.93. The molecule has 1 aromatic heterocycles. The van der Waals surface area contributed by atoms with E-state index in [-0.39, 0.29) is 11.6 Å². The van der Waals surface area contributed by atoms with Crippen LogP contribution in [-0.2, 0) is 0 Å². The monoisotopic (exact) mass is 303 g/mol. The normalized spacial score (nSPS) is 10.1. The highest BCUT2D eigenvalue weighted by Gasteiger charge is 2.14. The van der Waals surface area contributed by atoms with Gasteiger partial charge in [0.05, 0.1) is 5.56 Å². The van der Waals surface area contributed by atoms with Crippen molar-refractivity contribution in [1.29, 1.82) is 0 Å². The van der Waals surface area contributed by atoms with E-state index in [1.54, 1.807) is 24.1 Å². The van der Waals surface area contributed by atoms with Crippen LogP contribution < -0.4 is 10.2 Å². The van der Waals surface area contributed by atoms with Gasteiger partial charge in [-0.2, -0.15) is 0 Å². The van der Waals surface area contributed by atoms with Crippen LogP contribution in [0.2, 0.25) is 0 Å². The Morgan fingerprint density at radius 1 is 1.23 bits per heavy atom. The fraction of sp³-hybridized carbons (Fsp3) is 0.133. The molecular formula is C15H14FN3O3. The number of aromatic nitrogens is 1. The van der Waals surface area contributed by atoms with Gasteiger partial charge in [-0.15, -0.1) is 0 Å². The third-order valence-corrected chi connectivity index (χ3v) is 3.16. The van der Waals surface area contributed by atoms with Crippen LogP contribution in [0.5, 0.6) is 0 Å². The van der Waals surface area contributed by atoms with E-state index in [2.05, 4.69) is 10.3 Å². The molecule has 2 rings (SSSR count). The molecule has 6 nitrogen and oxygen atoms in total. The number of carbonyl (C=O) groups is 2. The van der Waals surface area contributed by atoms with Crippen molar-refractivity contribution in [3.05, 3.63) is 53.6 Å². The van der Waals surface area contributed by atoms with Crippen molar-refractivity contribution in [2.24, 2.45) is 0 Å². The van der Waals surface area contributed by atoms with E-state index >= 15 is 0 Å². The molecule has 1 aromatic carbocycles. The number of hydrogen-bond donors (Lipinski definition) is 2. The molecule has 0 fully saturated rings. The molecular weight excluding hydrogens is 289 g/mol. The highest BCUT2D eigenvalue weighted by atomic mass is 19.1. The molecule has 0 bridgehead atoms. The molecule has 0 spiro atoms. The summed E-state index contributed by atoms with van der Waals surface area (Å²) in [5.41, 5.74) is 0.917. The van der Waals surface area contributed by atoms with Gasteiger partial charge < -0.3 is 15.3 Å². The number of carboxylic acids is 1. The lowest BCUT2D eigenvalue weighted by molar-refractivity contribution is 0.0691. The fourth-order valence-electron chi connectivity index (χ4n) is 1.92. The van der Waals surface area contributed by atoms with Crippen LogP contribution in [0.1, 0.15) is 20.8 Å². The minimum Gasteiger partial charge on any atom is -0.478 e. The lowest BCUT2D eigenvalue weighted by atomic mass is 10.1. The number of amides is 1. The summed E-state index contributed by atoms with van der Waals surface area (Å²) in [6.07, 6.45) is 1.47. The maximum absolute atomic E-state index is 13.8. The van der Waals surface area contributed by atoms with Gasteiger partial charge in [0, 0.05) is 31.7 Å². The standard InChI is InChI=1S/C15H14FN3O3/c1-17-14(20)13-8-10(5-6-18-13)19(2)9-3-4-11(15(21)22)12(16)7-9/h3-8H,1-2H3,(H,17,20)(H,21,22). The zero-order chi connectivity index (χ0) is 16.3. The molecule has 2 N–H and O–H groups in total. The quantitative estimate of drug-likeness (QED) is 0.903. The summed E-state index contributed by atoms with van der Waals surface area (Å²) in [6.45, 7) is 0. The molecule has 0 saturated carbocycles. The zero-order valence-electron chi connectivity index (χ0n) is 12.0. The number of hydrogen-bond acceptors (Lipinski definition) is 4. The number of benzene rings is 1. The third kappa shape index (κ3) is 3.03. The minimum absolute atomic E-state index is 0.231. The Morgan fingerprint density at radius 2 is 1.91 bits per heavy atom. The molecule has 0 atom stereocenters. The summed E-state index contributed by atoms with van der Waals surface area (Å²) in [4.78, 5) is 28.0. The van der Waals surface area contributed by atoms with Crippen molar-refractivity contribution in [3.8, 4) is 0 Å². The first-order chi connectivity index (χ1) is 10.4. The predicted octanol–water partition coefficient (Wildman–Crippen LogP) is 2.05. The van der Waals surface area contributed by atoms with E-state index in [4.69, 9.17) is 5.11 Å². The van der Waals surface area contributed by atoms with Gasteiger partial charge in [-0.1, -0.05) is 0 Å². The Labute approximate surface area is 126 Å². The van der Waals surface area contributed by atoms with Crippen LogP contribution in [0, 0.1) is 5.82 Å². The number of aromatic carboxylic acids is 1. The first kappa shape index (κ1) is 15.4. The van der Waals surface area contributed by atoms with Gasteiger partial charge in [-0.25, -0.2) is 9.18 Å². The summed E-state index contributed by atoms with van der Waals surface area (Å²) in [5, 5.41) is 11.3. The molecule has 0 radical (unpaired) electrons. The smallest absolute Gasteiger partial charge is 0.338 e. The summed E-state index contributed by atoms with van der Waals surface area (Å²) < 4.78 is 13.8. The van der Waals surface area contributed by atoms with Crippen molar-refractivity contribution in [2.75, 3.05) is 19.0 Å². The summed E-state index contributed by atoms with van der Waals surface area (Å²) in [5.74, 6) is -2.47. The summed E-state index contributed by atoms with van der Waals surface area (Å²) in [6, 6.07) is 7.04. The summed E-state index contributed by atoms with van der Waals surface area (Å²) in [7, 11) is 3.18. The van der Waals surface area contributed by atoms with E-state index in [1.807, 2.05) is 0 Å². The minimum atomic E-state index is -1.32. The number of anilines is 2. The Morgan fingerprint density at radius 3 is 2.50 bits per heavy atom. The van der Waals surface area contributed by atoms with Crippen LogP contribution >= 0.6 is 0 Å². The van der Waals surface area contributed by atoms with Crippen LogP contribution in [0.4, 0.5) is 15.8 Å². The molecule has 114 valence electrons. The van der Waals surface area contributed by atoms with E-state index in [0.29, 0.717) is 11.4 Å². The van der Waals surface area contributed by atoms with Crippen molar-refractivity contribution in [2.45, 2.75) is 0 Å². The maximum Gasteiger partial charge on any atom is 0.338 e. The average Bonchev–Trinajstić information content (AvgIpc) is 2.53. The van der Waals surface area contributed by atoms with E-state index in [1.165, 1.54) is 25.4 Å². The molecule has 2 aromatic rings. The fourth-order valence-corrected chi connectivity index (χ4v) is 1.92. The highest BCUT2D eigenvalue weighted by Crippen LogP contribution is 2.25. The van der Waals surface area contributed by atoms with E-state index < -0.39 is 17.3 Å². The largest absolute Gasteiger partial charge is 0.478 e. The SMILES string of the molecule is CNC(=O)c1cc(N(C)c2ccc(C(=O)O)c(F)c2)ccn1. The van der Waals surface area contributed by atoms with Crippen LogP contribution in [0.3, 0.4) is 0 Å². The van der Waals surface area contributed by atoms with Crippen molar-refractivity contribution in [1.82, 2.24) is 10.3 Å². The van der Waals surface area contributed by atoms with Gasteiger partial charge in [0.25, 0.3) is 5.91 Å². The number of carbonyl (C=O) groups excluding carboxylic acids is 1. The molecule has 1 amide bonds. The molecule has 0 aliphatic heterocycles. The van der Waals surface area contributed by atoms with Crippen LogP contribution in [0.25, 0.3) is 0 Å². The molecule has 22 heavy (non-hydrogen) atoms. The third-order valence-electron chi connectivity index (χ3n) is 3.16. The summed E-state index contributed by atoms with van der Waals surface area (Å²) >= 11 is 0. The van der Waals surface area contributed by atoms with Gasteiger partial charge >= 0.3 is 5.97 Å². The number of nitrogens with zero attached hydrogens (tertiary/aromatic N) is 2. The first-order valence-electron chi connectivity index (χ1n) is 6.38. The lowest BCUT2D eigenvalue weighted by Crippen LogP contribution is -2.20.